The van der Waals surface area contributed by atoms with Gasteiger partial charge < -0.3 is 4.74 Å². The van der Waals surface area contributed by atoms with Crippen LogP contribution < -0.4 is 0 Å². The van der Waals surface area contributed by atoms with Gasteiger partial charge in [-0.15, -0.1) is 11.3 Å². The zero-order valence-corrected chi connectivity index (χ0v) is 16.7. The number of rotatable bonds is 5. The van der Waals surface area contributed by atoms with E-state index in [4.69, 9.17) is 16.3 Å². The Bertz CT molecular complexity index is 946. The van der Waals surface area contributed by atoms with Gasteiger partial charge >= 0.3 is 5.97 Å². The van der Waals surface area contributed by atoms with E-state index in [-0.39, 0.29) is 5.97 Å². The molecule has 0 aliphatic carbocycles. The van der Waals surface area contributed by atoms with Gasteiger partial charge in [0.05, 0.1) is 35.4 Å². The number of methoxy groups -OCH3 is 1. The van der Waals surface area contributed by atoms with Crippen LogP contribution in [0.4, 0.5) is 0 Å². The van der Waals surface area contributed by atoms with E-state index >= 15 is 0 Å². The van der Waals surface area contributed by atoms with Gasteiger partial charge in [-0.1, -0.05) is 11.6 Å². The number of hydrogen-bond donors (Lipinski definition) is 0. The first-order valence-electron chi connectivity index (χ1n) is 8.85. The van der Waals surface area contributed by atoms with Gasteiger partial charge in [0.1, 0.15) is 0 Å². The quantitative estimate of drug-likeness (QED) is 0.610. The number of carbonyl (C=O) groups is 1. The van der Waals surface area contributed by atoms with E-state index in [1.807, 2.05) is 22.9 Å². The third-order valence-corrected chi connectivity index (χ3v) is 6.09. The number of piperazine rings is 1. The number of thiophene rings is 1. The van der Waals surface area contributed by atoms with Crippen molar-refractivity contribution in [2.45, 2.75) is 13.2 Å². The molecule has 1 fully saturated rings. The highest BCUT2D eigenvalue weighted by Gasteiger charge is 2.19. The fraction of sp³-hybridized carbons (Fsp3) is 0.368. The minimum absolute atomic E-state index is 0.326. The maximum atomic E-state index is 11.7. The second-order valence-electron chi connectivity index (χ2n) is 6.65. The van der Waals surface area contributed by atoms with Crippen LogP contribution in [-0.2, 0) is 18.0 Å². The molecule has 1 aliphatic rings. The Morgan fingerprint density at radius 2 is 1.96 bits per heavy atom. The van der Waals surface area contributed by atoms with Crippen molar-refractivity contribution in [1.82, 2.24) is 19.6 Å². The molecule has 0 atom stereocenters. The molecule has 4 rings (SSSR count). The molecule has 0 N–H and O–H groups in total. The molecular formula is C19H21ClN4O2S. The van der Waals surface area contributed by atoms with E-state index in [2.05, 4.69) is 21.0 Å². The third kappa shape index (κ3) is 4.16. The number of halogens is 1. The Balaban J connectivity index is 1.36. The number of aromatic nitrogens is 2. The smallest absolute Gasteiger partial charge is 0.337 e. The van der Waals surface area contributed by atoms with Crippen LogP contribution in [0.3, 0.4) is 0 Å². The first-order valence-corrected chi connectivity index (χ1v) is 10.0. The molecule has 0 unspecified atom stereocenters. The van der Waals surface area contributed by atoms with Gasteiger partial charge in [0.25, 0.3) is 0 Å². The summed E-state index contributed by atoms with van der Waals surface area (Å²) < 4.78 is 7.62. The molecule has 0 radical (unpaired) electrons. The topological polar surface area (TPSA) is 50.6 Å². The van der Waals surface area contributed by atoms with E-state index in [0.717, 1.165) is 54.6 Å². The van der Waals surface area contributed by atoms with Crippen molar-refractivity contribution in [3.8, 4) is 0 Å². The van der Waals surface area contributed by atoms with Crippen molar-refractivity contribution in [2.75, 3.05) is 33.3 Å². The van der Waals surface area contributed by atoms with E-state index in [1.165, 1.54) is 12.0 Å². The minimum atomic E-state index is -0.326. The molecule has 142 valence electrons. The molecule has 0 amide bonds. The van der Waals surface area contributed by atoms with Crippen LogP contribution in [0.15, 0.2) is 36.5 Å². The molecule has 1 aromatic carbocycles. The second-order valence-corrected chi connectivity index (χ2v) is 8.45. The van der Waals surface area contributed by atoms with E-state index < -0.39 is 0 Å². The Morgan fingerprint density at radius 1 is 1.19 bits per heavy atom. The summed E-state index contributed by atoms with van der Waals surface area (Å²) in [7, 11) is 1.39. The molecule has 1 saturated heterocycles. The highest BCUT2D eigenvalue weighted by Crippen LogP contribution is 2.23. The number of benzene rings is 1. The Hall–Kier alpha value is -1.93. The molecule has 3 aromatic rings. The fourth-order valence-corrected chi connectivity index (χ4v) is 4.51. The SMILES string of the molecule is COC(=O)c1ccc2c(cnn2CN2CCN(Cc3ccc(Cl)s3)CC2)c1. The van der Waals surface area contributed by atoms with Crippen LogP contribution in [0.1, 0.15) is 15.2 Å². The van der Waals surface area contributed by atoms with Crippen LogP contribution in [0.5, 0.6) is 0 Å². The predicted molar refractivity (Wildman–Crippen MR) is 107 cm³/mol. The van der Waals surface area contributed by atoms with Crippen LogP contribution >= 0.6 is 22.9 Å². The van der Waals surface area contributed by atoms with Gasteiger partial charge in [-0.25, -0.2) is 4.79 Å². The number of hydrogen-bond acceptors (Lipinski definition) is 6. The zero-order valence-electron chi connectivity index (χ0n) is 15.1. The maximum absolute atomic E-state index is 11.7. The first kappa shape index (κ1) is 18.4. The normalized spacial score (nSPS) is 16.1. The Morgan fingerprint density at radius 3 is 2.67 bits per heavy atom. The molecule has 0 spiro atoms. The maximum Gasteiger partial charge on any atom is 0.337 e. The third-order valence-electron chi connectivity index (χ3n) is 4.87. The van der Waals surface area contributed by atoms with Crippen molar-refractivity contribution >= 4 is 39.8 Å². The minimum Gasteiger partial charge on any atom is -0.465 e. The molecule has 3 heterocycles. The van der Waals surface area contributed by atoms with E-state index in [0.29, 0.717) is 5.56 Å². The molecular weight excluding hydrogens is 384 g/mol. The zero-order chi connectivity index (χ0) is 18.8. The highest BCUT2D eigenvalue weighted by atomic mass is 35.5. The van der Waals surface area contributed by atoms with Crippen LogP contribution in [0.2, 0.25) is 4.34 Å². The van der Waals surface area contributed by atoms with Crippen molar-refractivity contribution in [2.24, 2.45) is 0 Å². The van der Waals surface area contributed by atoms with Gasteiger partial charge in [0, 0.05) is 43.0 Å². The molecule has 8 heteroatoms. The van der Waals surface area contributed by atoms with Crippen LogP contribution in [0.25, 0.3) is 10.9 Å². The van der Waals surface area contributed by atoms with Gasteiger partial charge in [0.2, 0.25) is 0 Å². The summed E-state index contributed by atoms with van der Waals surface area (Å²) in [5, 5.41) is 5.45. The van der Waals surface area contributed by atoms with Crippen LogP contribution in [0, 0.1) is 0 Å². The highest BCUT2D eigenvalue weighted by molar-refractivity contribution is 7.16. The number of esters is 1. The van der Waals surface area contributed by atoms with Gasteiger partial charge in [-0.3, -0.25) is 14.5 Å². The molecule has 1 aliphatic heterocycles. The van der Waals surface area contributed by atoms with E-state index in [9.17, 15) is 4.79 Å². The van der Waals surface area contributed by atoms with Gasteiger partial charge in [0.15, 0.2) is 0 Å². The summed E-state index contributed by atoms with van der Waals surface area (Å²) in [6, 6.07) is 9.63. The molecule has 0 bridgehead atoms. The lowest BCUT2D eigenvalue weighted by Gasteiger charge is -2.34. The Labute approximate surface area is 166 Å². The number of carbonyl (C=O) groups excluding carboxylic acids is 1. The summed E-state index contributed by atoms with van der Waals surface area (Å²) >= 11 is 7.68. The summed E-state index contributed by atoms with van der Waals surface area (Å²) in [6.07, 6.45) is 1.80. The molecule has 2 aromatic heterocycles. The van der Waals surface area contributed by atoms with Crippen molar-refractivity contribution in [1.29, 1.82) is 0 Å². The van der Waals surface area contributed by atoms with Crippen LogP contribution in [-0.4, -0.2) is 58.8 Å². The average Bonchev–Trinajstić information content (AvgIpc) is 3.28. The standard InChI is InChI=1S/C19H21ClN4O2S/c1-26-19(25)14-2-4-17-15(10-14)11-21-24(17)13-23-8-6-22(7-9-23)12-16-3-5-18(20)27-16/h2-5,10-11H,6-9,12-13H2,1H3. The van der Waals surface area contributed by atoms with Gasteiger partial charge in [-0.2, -0.15) is 5.10 Å². The van der Waals surface area contributed by atoms with E-state index in [1.54, 1.807) is 23.6 Å². The predicted octanol–water partition coefficient (Wildman–Crippen LogP) is 3.31. The molecule has 0 saturated carbocycles. The second kappa shape index (κ2) is 7.98. The summed E-state index contributed by atoms with van der Waals surface area (Å²) in [5.41, 5.74) is 1.57. The number of fused-ring (bicyclic) bond motifs is 1. The summed E-state index contributed by atoms with van der Waals surface area (Å²) in [6.45, 7) is 5.77. The molecule has 6 nitrogen and oxygen atoms in total. The monoisotopic (exact) mass is 404 g/mol. The largest absolute Gasteiger partial charge is 0.465 e. The Kier molecular flexibility index (Phi) is 5.45. The average molecular weight is 405 g/mol. The summed E-state index contributed by atoms with van der Waals surface area (Å²) in [4.78, 5) is 17.9. The lowest BCUT2D eigenvalue weighted by Crippen LogP contribution is -2.46. The van der Waals surface area contributed by atoms with Gasteiger partial charge in [-0.05, 0) is 30.3 Å². The lowest BCUT2D eigenvalue weighted by molar-refractivity contribution is 0.0601. The van der Waals surface area contributed by atoms with Crippen molar-refractivity contribution in [3.05, 3.63) is 51.3 Å². The van der Waals surface area contributed by atoms with Crippen molar-refractivity contribution < 1.29 is 9.53 Å². The molecule has 27 heavy (non-hydrogen) atoms. The number of nitrogens with zero attached hydrogens (tertiary/aromatic N) is 4. The number of ether oxygens (including phenoxy) is 1. The summed E-state index contributed by atoms with van der Waals surface area (Å²) in [5.74, 6) is -0.326. The lowest BCUT2D eigenvalue weighted by atomic mass is 10.1. The first-order chi connectivity index (χ1) is 13.1. The fourth-order valence-electron chi connectivity index (χ4n) is 3.38. The van der Waals surface area contributed by atoms with Crippen molar-refractivity contribution in [3.63, 3.8) is 0 Å².